The second-order valence-electron chi connectivity index (χ2n) is 3.94. The van der Waals surface area contributed by atoms with Gasteiger partial charge in [-0.1, -0.05) is 12.5 Å². The fraction of sp³-hybridized carbons (Fsp3) is 0.727. The summed E-state index contributed by atoms with van der Waals surface area (Å²) in [5, 5.41) is 0. The largest absolute Gasteiger partial charge is 0.295 e. The van der Waals surface area contributed by atoms with Gasteiger partial charge in [-0.2, -0.15) is 0 Å². The molecule has 0 heterocycles. The number of carbonyl (C=O) groups excluding carboxylic acids is 1. The van der Waals surface area contributed by atoms with Crippen LogP contribution < -0.4 is 0 Å². The second-order valence-corrected chi connectivity index (χ2v) is 3.94. The maximum Gasteiger partial charge on any atom is 0.159 e. The lowest BCUT2D eigenvalue weighted by molar-refractivity contribution is -0.115. The predicted molar refractivity (Wildman–Crippen MR) is 48.9 cm³/mol. The van der Waals surface area contributed by atoms with Crippen LogP contribution in [0.4, 0.5) is 0 Å². The van der Waals surface area contributed by atoms with E-state index >= 15 is 0 Å². The molecule has 0 amide bonds. The van der Waals surface area contributed by atoms with Gasteiger partial charge in [0, 0.05) is 6.42 Å². The Hall–Kier alpha value is -0.590. The van der Waals surface area contributed by atoms with Gasteiger partial charge in [-0.15, -0.1) is 0 Å². The summed E-state index contributed by atoms with van der Waals surface area (Å²) in [4.78, 5) is 11.5. The van der Waals surface area contributed by atoms with Crippen LogP contribution >= 0.6 is 0 Å². The number of rotatable bonds is 1. The first kappa shape index (κ1) is 8.03. The zero-order valence-corrected chi connectivity index (χ0v) is 7.73. The van der Waals surface area contributed by atoms with Gasteiger partial charge < -0.3 is 0 Å². The zero-order valence-electron chi connectivity index (χ0n) is 7.73. The molecule has 1 atom stereocenters. The summed E-state index contributed by atoms with van der Waals surface area (Å²) in [6, 6.07) is 0. The summed E-state index contributed by atoms with van der Waals surface area (Å²) in [7, 11) is 0. The third kappa shape index (κ3) is 1.12. The molecule has 0 saturated carbocycles. The molecule has 0 N–H and O–H groups in total. The Morgan fingerprint density at radius 2 is 2.08 bits per heavy atom. The van der Waals surface area contributed by atoms with Crippen LogP contribution in [-0.4, -0.2) is 5.78 Å². The lowest BCUT2D eigenvalue weighted by atomic mass is 9.88. The van der Waals surface area contributed by atoms with E-state index in [1.54, 1.807) is 0 Å². The van der Waals surface area contributed by atoms with Crippen LogP contribution in [0.2, 0.25) is 0 Å². The van der Waals surface area contributed by atoms with Crippen LogP contribution in [0.25, 0.3) is 0 Å². The third-order valence-corrected chi connectivity index (χ3v) is 3.26. The highest BCUT2D eigenvalue weighted by atomic mass is 16.1. The smallest absolute Gasteiger partial charge is 0.159 e. The first-order valence-corrected chi connectivity index (χ1v) is 5.08. The molecule has 12 heavy (non-hydrogen) atoms. The molecular weight excluding hydrogens is 148 g/mol. The van der Waals surface area contributed by atoms with Crippen LogP contribution in [0.15, 0.2) is 11.1 Å². The van der Waals surface area contributed by atoms with Crippen LogP contribution in [0.1, 0.15) is 45.4 Å². The maximum atomic E-state index is 11.5. The molecule has 0 radical (unpaired) electrons. The van der Waals surface area contributed by atoms with E-state index in [0.29, 0.717) is 11.7 Å². The van der Waals surface area contributed by atoms with Gasteiger partial charge in [0.1, 0.15) is 0 Å². The SMILES string of the molecule is CCC1CC(=O)C2=C1CCCC2. The first-order chi connectivity index (χ1) is 5.83. The molecule has 2 rings (SSSR count). The Bertz CT molecular complexity index is 237. The molecule has 1 unspecified atom stereocenters. The second kappa shape index (κ2) is 3.04. The van der Waals surface area contributed by atoms with Crippen molar-refractivity contribution in [3.8, 4) is 0 Å². The van der Waals surface area contributed by atoms with E-state index in [0.717, 1.165) is 19.3 Å². The Morgan fingerprint density at radius 1 is 1.33 bits per heavy atom. The van der Waals surface area contributed by atoms with Gasteiger partial charge in [0.2, 0.25) is 0 Å². The summed E-state index contributed by atoms with van der Waals surface area (Å²) >= 11 is 0. The van der Waals surface area contributed by atoms with E-state index in [1.807, 2.05) is 0 Å². The molecule has 0 spiro atoms. The standard InChI is InChI=1S/C11H16O/c1-2-8-7-11(12)10-6-4-3-5-9(8)10/h8H,2-7H2,1H3. The average molecular weight is 164 g/mol. The lowest BCUT2D eigenvalue weighted by Gasteiger charge is -2.16. The van der Waals surface area contributed by atoms with Gasteiger partial charge in [0.05, 0.1) is 0 Å². The lowest BCUT2D eigenvalue weighted by Crippen LogP contribution is -2.01. The molecule has 0 aromatic carbocycles. The topological polar surface area (TPSA) is 17.1 Å². The number of allylic oxidation sites excluding steroid dienone is 2. The van der Waals surface area contributed by atoms with Gasteiger partial charge in [-0.05, 0) is 43.6 Å². The van der Waals surface area contributed by atoms with Crippen molar-refractivity contribution < 1.29 is 4.79 Å². The van der Waals surface area contributed by atoms with Crippen LogP contribution in [-0.2, 0) is 4.79 Å². The summed E-state index contributed by atoms with van der Waals surface area (Å²) in [6.45, 7) is 2.20. The highest BCUT2D eigenvalue weighted by Crippen LogP contribution is 2.40. The summed E-state index contributed by atoms with van der Waals surface area (Å²) in [5.41, 5.74) is 2.74. The van der Waals surface area contributed by atoms with Gasteiger partial charge in [-0.3, -0.25) is 4.79 Å². The first-order valence-electron chi connectivity index (χ1n) is 5.08. The molecule has 0 fully saturated rings. The molecule has 0 saturated heterocycles. The molecule has 2 aliphatic rings. The van der Waals surface area contributed by atoms with Gasteiger partial charge >= 0.3 is 0 Å². The monoisotopic (exact) mass is 164 g/mol. The number of Topliss-reactive ketones (excluding diaryl/α,β-unsaturated/α-hetero) is 1. The molecule has 1 nitrogen and oxygen atoms in total. The molecule has 2 aliphatic carbocycles. The van der Waals surface area contributed by atoms with Crippen molar-refractivity contribution in [3.63, 3.8) is 0 Å². The molecule has 0 aliphatic heterocycles. The van der Waals surface area contributed by atoms with Crippen molar-refractivity contribution in [2.75, 3.05) is 0 Å². The minimum absolute atomic E-state index is 0.455. The summed E-state index contributed by atoms with van der Waals surface area (Å²) < 4.78 is 0. The van der Waals surface area contributed by atoms with Gasteiger partial charge in [0.15, 0.2) is 5.78 Å². The number of hydrogen-bond acceptors (Lipinski definition) is 1. The van der Waals surface area contributed by atoms with E-state index in [4.69, 9.17) is 0 Å². The van der Waals surface area contributed by atoms with Crippen molar-refractivity contribution in [2.45, 2.75) is 45.4 Å². The minimum Gasteiger partial charge on any atom is -0.295 e. The van der Waals surface area contributed by atoms with E-state index in [2.05, 4.69) is 6.92 Å². The van der Waals surface area contributed by atoms with Gasteiger partial charge in [0.25, 0.3) is 0 Å². The third-order valence-electron chi connectivity index (χ3n) is 3.26. The summed E-state index contributed by atoms with van der Waals surface area (Å²) in [5.74, 6) is 1.07. The Morgan fingerprint density at radius 3 is 2.83 bits per heavy atom. The van der Waals surface area contributed by atoms with Gasteiger partial charge in [-0.25, -0.2) is 0 Å². The number of hydrogen-bond donors (Lipinski definition) is 0. The molecule has 66 valence electrons. The van der Waals surface area contributed by atoms with Crippen molar-refractivity contribution in [3.05, 3.63) is 11.1 Å². The molecular formula is C11H16O. The fourth-order valence-corrected chi connectivity index (χ4v) is 2.56. The van der Waals surface area contributed by atoms with E-state index < -0.39 is 0 Å². The molecule has 0 bridgehead atoms. The van der Waals surface area contributed by atoms with Crippen LogP contribution in [0.5, 0.6) is 0 Å². The van der Waals surface area contributed by atoms with Crippen molar-refractivity contribution in [1.29, 1.82) is 0 Å². The highest BCUT2D eigenvalue weighted by Gasteiger charge is 2.31. The molecule has 0 aromatic rings. The summed E-state index contributed by atoms with van der Waals surface area (Å²) in [6.07, 6.45) is 6.81. The molecule has 1 heteroatoms. The predicted octanol–water partition coefficient (Wildman–Crippen LogP) is 2.86. The minimum atomic E-state index is 0.455. The Labute approximate surface area is 73.8 Å². The van der Waals surface area contributed by atoms with E-state index in [9.17, 15) is 4.79 Å². The number of ketones is 1. The Kier molecular flexibility index (Phi) is 2.03. The van der Waals surface area contributed by atoms with Crippen molar-refractivity contribution in [2.24, 2.45) is 5.92 Å². The molecule has 0 aromatic heterocycles. The van der Waals surface area contributed by atoms with Crippen molar-refractivity contribution in [1.82, 2.24) is 0 Å². The van der Waals surface area contributed by atoms with Crippen molar-refractivity contribution >= 4 is 5.78 Å². The van der Waals surface area contributed by atoms with E-state index in [1.165, 1.54) is 30.4 Å². The zero-order chi connectivity index (χ0) is 8.55. The fourth-order valence-electron chi connectivity index (χ4n) is 2.56. The van der Waals surface area contributed by atoms with E-state index in [-0.39, 0.29) is 0 Å². The van der Waals surface area contributed by atoms with Crippen LogP contribution in [0.3, 0.4) is 0 Å². The Balaban J connectivity index is 2.27. The normalized spacial score (nSPS) is 29.4. The quantitative estimate of drug-likeness (QED) is 0.582. The highest BCUT2D eigenvalue weighted by molar-refractivity contribution is 5.99. The van der Waals surface area contributed by atoms with Crippen LogP contribution in [0, 0.1) is 5.92 Å². The average Bonchev–Trinajstić information content (AvgIpc) is 2.44. The number of carbonyl (C=O) groups is 1. The maximum absolute atomic E-state index is 11.5.